The van der Waals surface area contributed by atoms with Gasteiger partial charge in [-0.3, -0.25) is 4.79 Å². The summed E-state index contributed by atoms with van der Waals surface area (Å²) in [4.78, 5) is 36.5. The highest BCUT2D eigenvalue weighted by Crippen LogP contribution is 2.19. The first-order valence-corrected chi connectivity index (χ1v) is 9.89. The summed E-state index contributed by atoms with van der Waals surface area (Å²) in [6.07, 6.45) is 1.23. The smallest absolute Gasteiger partial charge is 0.409 e. The van der Waals surface area contributed by atoms with Crippen LogP contribution in [-0.2, 0) is 4.74 Å². The Morgan fingerprint density at radius 1 is 1.07 bits per heavy atom. The van der Waals surface area contributed by atoms with Crippen LogP contribution in [0.15, 0.2) is 36.5 Å². The Kier molecular flexibility index (Phi) is 6.64. The fourth-order valence-corrected chi connectivity index (χ4v) is 3.09. The van der Waals surface area contributed by atoms with E-state index >= 15 is 0 Å². The van der Waals surface area contributed by atoms with Crippen molar-refractivity contribution in [1.82, 2.24) is 19.8 Å². The Morgan fingerprint density at radius 3 is 2.34 bits per heavy atom. The maximum atomic E-state index is 12.8. The summed E-state index contributed by atoms with van der Waals surface area (Å²) in [6, 6.07) is 9.67. The summed E-state index contributed by atoms with van der Waals surface area (Å²) >= 11 is 0. The molecule has 2 heterocycles. The molecule has 0 aliphatic carbocycles. The number of aromatic nitrogens is 2. The number of anilines is 2. The molecule has 8 heteroatoms. The number of piperazine rings is 1. The van der Waals surface area contributed by atoms with Gasteiger partial charge < -0.3 is 19.9 Å². The lowest BCUT2D eigenvalue weighted by Gasteiger charge is -2.33. The van der Waals surface area contributed by atoms with Gasteiger partial charge in [-0.2, -0.15) is 0 Å². The van der Waals surface area contributed by atoms with Crippen molar-refractivity contribution in [2.24, 2.45) is 0 Å². The van der Waals surface area contributed by atoms with E-state index in [2.05, 4.69) is 41.3 Å². The van der Waals surface area contributed by atoms with E-state index in [-0.39, 0.29) is 12.0 Å². The number of ether oxygens (including phenoxy) is 1. The highest BCUT2D eigenvalue weighted by Gasteiger charge is 2.26. The number of benzene rings is 1. The van der Waals surface area contributed by atoms with Gasteiger partial charge in [-0.25, -0.2) is 14.8 Å². The predicted molar refractivity (Wildman–Crippen MR) is 110 cm³/mol. The van der Waals surface area contributed by atoms with E-state index < -0.39 is 0 Å². The normalized spacial score (nSPS) is 14.1. The summed E-state index contributed by atoms with van der Waals surface area (Å²) in [5.41, 5.74) is 2.44. The summed E-state index contributed by atoms with van der Waals surface area (Å²) in [5.74, 6) is 0.665. The Labute approximate surface area is 170 Å². The Balaban J connectivity index is 1.62. The quantitative estimate of drug-likeness (QED) is 0.833. The topological polar surface area (TPSA) is 87.7 Å². The number of carbonyl (C=O) groups is 2. The molecule has 29 heavy (non-hydrogen) atoms. The molecule has 0 saturated carbocycles. The van der Waals surface area contributed by atoms with Gasteiger partial charge >= 0.3 is 6.09 Å². The van der Waals surface area contributed by atoms with Gasteiger partial charge in [-0.15, -0.1) is 0 Å². The van der Waals surface area contributed by atoms with Crippen molar-refractivity contribution in [2.75, 3.05) is 38.1 Å². The molecule has 0 atom stereocenters. The number of carbonyl (C=O) groups excluding carboxylic acids is 2. The molecule has 1 fully saturated rings. The zero-order valence-corrected chi connectivity index (χ0v) is 17.1. The van der Waals surface area contributed by atoms with Gasteiger partial charge in [0.1, 0.15) is 5.69 Å². The zero-order chi connectivity index (χ0) is 20.8. The fraction of sp³-hybridized carbons (Fsp3) is 0.429. The molecule has 0 radical (unpaired) electrons. The molecule has 1 aromatic heterocycles. The molecule has 1 aliphatic heterocycles. The van der Waals surface area contributed by atoms with Gasteiger partial charge in [-0.1, -0.05) is 26.0 Å². The van der Waals surface area contributed by atoms with Crippen molar-refractivity contribution >= 4 is 23.6 Å². The molecule has 0 unspecified atom stereocenters. The van der Waals surface area contributed by atoms with Gasteiger partial charge in [0, 0.05) is 38.1 Å². The molecule has 0 spiro atoms. The van der Waals surface area contributed by atoms with Crippen molar-refractivity contribution in [3.8, 4) is 0 Å². The Hall–Kier alpha value is -3.16. The second-order valence-electron chi connectivity index (χ2n) is 7.15. The molecule has 2 aromatic rings. The minimum absolute atomic E-state index is 0.172. The van der Waals surface area contributed by atoms with E-state index in [4.69, 9.17) is 4.74 Å². The summed E-state index contributed by atoms with van der Waals surface area (Å²) in [5, 5.41) is 3.14. The molecule has 3 rings (SSSR count). The van der Waals surface area contributed by atoms with Crippen LogP contribution in [0, 0.1) is 0 Å². The van der Waals surface area contributed by atoms with Crippen LogP contribution >= 0.6 is 0 Å². The third-order valence-electron chi connectivity index (χ3n) is 4.80. The second-order valence-corrected chi connectivity index (χ2v) is 7.15. The van der Waals surface area contributed by atoms with Crippen LogP contribution < -0.4 is 5.32 Å². The largest absolute Gasteiger partial charge is 0.450 e. The van der Waals surface area contributed by atoms with Crippen LogP contribution in [0.3, 0.4) is 0 Å². The number of hydrogen-bond acceptors (Lipinski definition) is 6. The van der Waals surface area contributed by atoms with Gasteiger partial charge in [0.05, 0.1) is 6.61 Å². The number of nitrogens with zero attached hydrogens (tertiary/aromatic N) is 4. The van der Waals surface area contributed by atoms with Crippen molar-refractivity contribution in [1.29, 1.82) is 0 Å². The standard InChI is InChI=1S/C21H27N5O3/c1-4-29-21(28)26-13-11-25(12-14-26)19(27)18-9-10-22-20(24-18)23-17-7-5-16(6-8-17)15(2)3/h5-10,15H,4,11-14H2,1-3H3,(H,22,23,24). The van der Waals surface area contributed by atoms with E-state index in [0.717, 1.165) is 5.69 Å². The van der Waals surface area contributed by atoms with Crippen molar-refractivity contribution in [2.45, 2.75) is 26.7 Å². The molecule has 1 aliphatic rings. The van der Waals surface area contributed by atoms with Crippen LogP contribution in [0.5, 0.6) is 0 Å². The SMILES string of the molecule is CCOC(=O)N1CCN(C(=O)c2ccnc(Nc3ccc(C(C)C)cc3)n2)CC1. The van der Waals surface area contributed by atoms with Gasteiger partial charge in [0.2, 0.25) is 5.95 Å². The minimum Gasteiger partial charge on any atom is -0.450 e. The Bertz CT molecular complexity index is 846. The second kappa shape index (κ2) is 9.36. The first-order chi connectivity index (χ1) is 14.0. The monoisotopic (exact) mass is 397 g/mol. The average molecular weight is 397 g/mol. The maximum Gasteiger partial charge on any atom is 0.409 e. The highest BCUT2D eigenvalue weighted by molar-refractivity contribution is 5.92. The van der Waals surface area contributed by atoms with Crippen molar-refractivity contribution in [3.05, 3.63) is 47.8 Å². The van der Waals surface area contributed by atoms with E-state index in [9.17, 15) is 9.59 Å². The number of amides is 2. The lowest BCUT2D eigenvalue weighted by Crippen LogP contribution is -2.50. The van der Waals surface area contributed by atoms with Crippen LogP contribution in [0.2, 0.25) is 0 Å². The highest BCUT2D eigenvalue weighted by atomic mass is 16.6. The molecular weight excluding hydrogens is 370 g/mol. The summed E-state index contributed by atoms with van der Waals surface area (Å²) < 4.78 is 5.01. The summed E-state index contributed by atoms with van der Waals surface area (Å²) in [6.45, 7) is 8.19. The van der Waals surface area contributed by atoms with Crippen molar-refractivity contribution in [3.63, 3.8) is 0 Å². The van der Waals surface area contributed by atoms with E-state index in [1.807, 2.05) is 12.1 Å². The third-order valence-corrected chi connectivity index (χ3v) is 4.80. The molecule has 154 valence electrons. The third kappa shape index (κ3) is 5.22. The molecule has 2 amide bonds. The van der Waals surface area contributed by atoms with Crippen LogP contribution in [0.4, 0.5) is 16.4 Å². The molecular formula is C21H27N5O3. The van der Waals surface area contributed by atoms with E-state index in [1.54, 1.807) is 29.0 Å². The fourth-order valence-electron chi connectivity index (χ4n) is 3.09. The maximum absolute atomic E-state index is 12.8. The molecule has 1 aromatic carbocycles. The first-order valence-electron chi connectivity index (χ1n) is 9.89. The zero-order valence-electron chi connectivity index (χ0n) is 17.1. The van der Waals surface area contributed by atoms with Crippen LogP contribution in [0.25, 0.3) is 0 Å². The first kappa shape index (κ1) is 20.6. The molecule has 0 bridgehead atoms. The summed E-state index contributed by atoms with van der Waals surface area (Å²) in [7, 11) is 0. The average Bonchev–Trinajstić information content (AvgIpc) is 2.74. The van der Waals surface area contributed by atoms with Gasteiger partial charge in [-0.05, 0) is 36.6 Å². The lowest BCUT2D eigenvalue weighted by molar-refractivity contribution is 0.0566. The van der Waals surface area contributed by atoms with Gasteiger partial charge in [0.15, 0.2) is 0 Å². The molecule has 1 N–H and O–H groups in total. The molecule has 8 nitrogen and oxygen atoms in total. The van der Waals surface area contributed by atoms with Gasteiger partial charge in [0.25, 0.3) is 5.91 Å². The molecule has 1 saturated heterocycles. The minimum atomic E-state index is -0.336. The number of nitrogens with one attached hydrogen (secondary N) is 1. The van der Waals surface area contributed by atoms with Crippen LogP contribution in [0.1, 0.15) is 42.7 Å². The lowest BCUT2D eigenvalue weighted by atomic mass is 10.0. The number of hydrogen-bond donors (Lipinski definition) is 1. The predicted octanol–water partition coefficient (Wildman–Crippen LogP) is 3.26. The number of rotatable bonds is 5. The van der Waals surface area contributed by atoms with E-state index in [1.165, 1.54) is 5.56 Å². The van der Waals surface area contributed by atoms with Crippen LogP contribution in [-0.4, -0.2) is 64.6 Å². The Morgan fingerprint density at radius 2 is 1.72 bits per heavy atom. The van der Waals surface area contributed by atoms with E-state index in [0.29, 0.717) is 50.3 Å². The van der Waals surface area contributed by atoms with Crippen molar-refractivity contribution < 1.29 is 14.3 Å².